The Balaban J connectivity index is 1.43. The summed E-state index contributed by atoms with van der Waals surface area (Å²) in [4.78, 5) is 59.0. The molecule has 0 aliphatic carbocycles. The van der Waals surface area contributed by atoms with Crippen LogP contribution in [0, 0.1) is 0 Å². The first-order valence-electron chi connectivity index (χ1n) is 14.1. The van der Waals surface area contributed by atoms with Crippen molar-refractivity contribution in [1.82, 2.24) is 10.2 Å². The normalized spacial score (nSPS) is 21.6. The first-order chi connectivity index (χ1) is 20.5. The van der Waals surface area contributed by atoms with E-state index in [0.29, 0.717) is 56.5 Å². The van der Waals surface area contributed by atoms with Gasteiger partial charge in [0.05, 0.1) is 19.3 Å². The van der Waals surface area contributed by atoms with Crippen molar-refractivity contribution >= 4 is 29.5 Å². The number of carboxylic acid groups (broad SMARTS) is 1. The Labute approximate surface area is 248 Å². The van der Waals surface area contributed by atoms with Gasteiger partial charge in [0, 0.05) is 49.7 Å². The number of ether oxygens (including phenoxy) is 4. The summed E-state index contributed by atoms with van der Waals surface area (Å²) in [6.07, 6.45) is -0.652. The van der Waals surface area contributed by atoms with E-state index >= 15 is 0 Å². The number of imide groups is 1. The van der Waals surface area contributed by atoms with Crippen LogP contribution in [0.1, 0.15) is 51.0 Å². The summed E-state index contributed by atoms with van der Waals surface area (Å²) in [6, 6.07) is 4.77. The molecular weight excluding hydrogens is 568 g/mol. The predicted molar refractivity (Wildman–Crippen MR) is 148 cm³/mol. The standard InChI is InChI=1S/C29H38N2O12/c1-18(32)16-40-17-19-7-8-20(42-26-15-21(33)27(37)28(43-26)29(38)39)14-22(19)41-13-5-11-30-23(34)6-3-2-4-12-31-24(35)9-10-25(31)36/h7-10,14,21,26-28,33,37H,2-6,11-13,15-17H2,1H3,(H,30,34)(H,38,39)/t21-,26-,27+,28+/m1/s1. The van der Waals surface area contributed by atoms with Crippen molar-refractivity contribution in [3.05, 3.63) is 35.9 Å². The number of hydrogen-bond acceptors (Lipinski definition) is 11. The van der Waals surface area contributed by atoms with Crippen molar-refractivity contribution in [1.29, 1.82) is 0 Å². The fraction of sp³-hybridized carbons (Fsp3) is 0.552. The molecule has 1 saturated heterocycles. The number of ketones is 1. The summed E-state index contributed by atoms with van der Waals surface area (Å²) in [7, 11) is 0. The third kappa shape index (κ3) is 10.7. The van der Waals surface area contributed by atoms with Gasteiger partial charge in [-0.3, -0.25) is 24.1 Å². The minimum Gasteiger partial charge on any atom is -0.493 e. The largest absolute Gasteiger partial charge is 0.493 e. The monoisotopic (exact) mass is 606 g/mol. The lowest BCUT2D eigenvalue weighted by molar-refractivity contribution is -0.228. The van der Waals surface area contributed by atoms with Gasteiger partial charge in [0.15, 0.2) is 11.9 Å². The Morgan fingerprint density at radius 2 is 1.81 bits per heavy atom. The molecular formula is C29H38N2O12. The predicted octanol–water partition coefficient (Wildman–Crippen LogP) is 0.463. The van der Waals surface area contributed by atoms with E-state index in [1.54, 1.807) is 18.2 Å². The molecule has 0 spiro atoms. The van der Waals surface area contributed by atoms with Crippen molar-refractivity contribution in [2.45, 2.75) is 76.7 Å². The SMILES string of the molecule is CC(=O)COCc1ccc(O[C@H]2C[C@@H](O)[C@H](O)[C@@H](C(=O)O)O2)cc1OCCCNC(=O)CCCCCN1C(=O)C=CC1=O. The van der Waals surface area contributed by atoms with E-state index in [4.69, 9.17) is 18.9 Å². The summed E-state index contributed by atoms with van der Waals surface area (Å²) in [6.45, 7) is 2.32. The Bertz CT molecular complexity index is 1170. The fourth-order valence-electron chi connectivity index (χ4n) is 4.39. The van der Waals surface area contributed by atoms with E-state index in [0.717, 1.165) is 0 Å². The van der Waals surface area contributed by atoms with Gasteiger partial charge in [-0.2, -0.15) is 0 Å². The Morgan fingerprint density at radius 3 is 2.51 bits per heavy atom. The lowest BCUT2D eigenvalue weighted by Gasteiger charge is -2.34. The number of hydrogen-bond donors (Lipinski definition) is 4. The maximum absolute atomic E-state index is 12.1. The summed E-state index contributed by atoms with van der Waals surface area (Å²) in [5, 5.41) is 32.0. The second kappa shape index (κ2) is 16.7. The average Bonchev–Trinajstić information content (AvgIpc) is 3.27. The molecule has 1 aromatic carbocycles. The molecule has 2 aliphatic rings. The number of carbonyl (C=O) groups is 5. The lowest BCUT2D eigenvalue weighted by Crippen LogP contribution is -2.53. The zero-order valence-corrected chi connectivity index (χ0v) is 23.9. The Kier molecular flexibility index (Phi) is 13.1. The summed E-state index contributed by atoms with van der Waals surface area (Å²) in [5.74, 6) is -1.69. The molecule has 2 aliphatic heterocycles. The molecule has 0 radical (unpaired) electrons. The van der Waals surface area contributed by atoms with Gasteiger partial charge < -0.3 is 39.6 Å². The molecule has 0 unspecified atom stereocenters. The van der Waals surface area contributed by atoms with Crippen molar-refractivity contribution in [2.24, 2.45) is 0 Å². The van der Waals surface area contributed by atoms with Crippen LogP contribution in [0.3, 0.4) is 0 Å². The highest BCUT2D eigenvalue weighted by Gasteiger charge is 2.42. The number of unbranched alkanes of at least 4 members (excludes halogenated alkanes) is 2. The second-order valence-corrected chi connectivity index (χ2v) is 10.2. The van der Waals surface area contributed by atoms with Crippen LogP contribution in [0.15, 0.2) is 30.4 Å². The van der Waals surface area contributed by atoms with Gasteiger partial charge in [0.1, 0.15) is 24.2 Å². The molecule has 4 N–H and O–H groups in total. The lowest BCUT2D eigenvalue weighted by atomic mass is 10.0. The number of carboxylic acids is 1. The maximum Gasteiger partial charge on any atom is 0.335 e. The first kappa shape index (κ1) is 33.6. The second-order valence-electron chi connectivity index (χ2n) is 10.2. The summed E-state index contributed by atoms with van der Waals surface area (Å²) in [5.41, 5.74) is 0.620. The van der Waals surface area contributed by atoms with Crippen LogP contribution in [-0.4, -0.2) is 101 Å². The molecule has 2 heterocycles. The number of Topliss-reactive ketones (excluding diaryl/α,β-unsaturated/α-hetero) is 1. The molecule has 14 nitrogen and oxygen atoms in total. The van der Waals surface area contributed by atoms with Crippen molar-refractivity contribution in [3.63, 3.8) is 0 Å². The van der Waals surface area contributed by atoms with E-state index in [-0.39, 0.29) is 55.5 Å². The summed E-state index contributed by atoms with van der Waals surface area (Å²) >= 11 is 0. The average molecular weight is 607 g/mol. The topological polar surface area (TPSA) is 198 Å². The van der Waals surface area contributed by atoms with E-state index in [9.17, 15) is 39.3 Å². The number of aliphatic hydroxyl groups is 2. The van der Waals surface area contributed by atoms with Gasteiger partial charge in [-0.1, -0.05) is 6.42 Å². The number of rotatable bonds is 18. The van der Waals surface area contributed by atoms with Crippen molar-refractivity contribution < 1.29 is 58.2 Å². The fourth-order valence-corrected chi connectivity index (χ4v) is 4.39. The molecule has 0 saturated carbocycles. The van der Waals surface area contributed by atoms with Crippen LogP contribution in [0.25, 0.3) is 0 Å². The van der Waals surface area contributed by atoms with Crippen molar-refractivity contribution in [2.75, 3.05) is 26.3 Å². The number of nitrogens with zero attached hydrogens (tertiary/aromatic N) is 1. The first-order valence-corrected chi connectivity index (χ1v) is 14.1. The number of aliphatic hydroxyl groups excluding tert-OH is 2. The van der Waals surface area contributed by atoms with Gasteiger partial charge in [0.25, 0.3) is 11.8 Å². The van der Waals surface area contributed by atoms with Gasteiger partial charge in [0.2, 0.25) is 12.2 Å². The van der Waals surface area contributed by atoms with Gasteiger partial charge in [-0.05, 0) is 38.3 Å². The highest BCUT2D eigenvalue weighted by molar-refractivity contribution is 6.12. The Hall–Kier alpha value is -3.85. The molecule has 43 heavy (non-hydrogen) atoms. The smallest absolute Gasteiger partial charge is 0.335 e. The van der Waals surface area contributed by atoms with Crippen LogP contribution in [-0.2, 0) is 40.1 Å². The molecule has 1 aromatic rings. The third-order valence-electron chi connectivity index (χ3n) is 6.64. The number of amides is 3. The quantitative estimate of drug-likeness (QED) is 0.133. The van der Waals surface area contributed by atoms with Gasteiger partial charge in [-0.25, -0.2) is 4.79 Å². The van der Waals surface area contributed by atoms with Crippen LogP contribution in [0.4, 0.5) is 0 Å². The zero-order valence-electron chi connectivity index (χ0n) is 23.9. The van der Waals surface area contributed by atoms with Crippen LogP contribution >= 0.6 is 0 Å². The van der Waals surface area contributed by atoms with E-state index < -0.39 is 30.6 Å². The minimum atomic E-state index is -1.65. The highest BCUT2D eigenvalue weighted by atomic mass is 16.7. The molecule has 0 bridgehead atoms. The van der Waals surface area contributed by atoms with Crippen molar-refractivity contribution in [3.8, 4) is 11.5 Å². The van der Waals surface area contributed by atoms with E-state index in [1.165, 1.54) is 24.0 Å². The number of benzene rings is 1. The summed E-state index contributed by atoms with van der Waals surface area (Å²) < 4.78 is 22.3. The van der Waals surface area contributed by atoms with Crippen LogP contribution in [0.5, 0.6) is 11.5 Å². The van der Waals surface area contributed by atoms with Gasteiger partial charge >= 0.3 is 5.97 Å². The number of nitrogens with one attached hydrogen (secondary N) is 1. The molecule has 4 atom stereocenters. The minimum absolute atomic E-state index is 0.0778. The molecule has 14 heteroatoms. The molecule has 1 fully saturated rings. The molecule has 0 aromatic heterocycles. The Morgan fingerprint density at radius 1 is 1.07 bits per heavy atom. The number of aliphatic carboxylic acids is 1. The zero-order chi connectivity index (χ0) is 31.4. The third-order valence-corrected chi connectivity index (χ3v) is 6.64. The number of carbonyl (C=O) groups excluding carboxylic acids is 4. The van der Waals surface area contributed by atoms with Crippen LogP contribution in [0.2, 0.25) is 0 Å². The molecule has 3 rings (SSSR count). The van der Waals surface area contributed by atoms with Crippen LogP contribution < -0.4 is 14.8 Å². The molecule has 3 amide bonds. The maximum atomic E-state index is 12.1. The molecule has 236 valence electrons. The van der Waals surface area contributed by atoms with E-state index in [1.807, 2.05) is 0 Å². The van der Waals surface area contributed by atoms with E-state index in [2.05, 4.69) is 5.32 Å². The highest BCUT2D eigenvalue weighted by Crippen LogP contribution is 2.29. The van der Waals surface area contributed by atoms with Gasteiger partial charge in [-0.15, -0.1) is 0 Å².